The summed E-state index contributed by atoms with van der Waals surface area (Å²) in [7, 11) is 0. The first-order chi connectivity index (χ1) is 8.20. The van der Waals surface area contributed by atoms with Crippen molar-refractivity contribution in [3.05, 3.63) is 21.9 Å². The number of thiophene rings is 1. The summed E-state index contributed by atoms with van der Waals surface area (Å²) in [6.45, 7) is 2.19. The molecule has 1 fully saturated rings. The summed E-state index contributed by atoms with van der Waals surface area (Å²) in [5.74, 6) is 0.391. The lowest BCUT2D eigenvalue weighted by atomic mass is 9.87. The minimum atomic E-state index is -0.258. The predicted octanol–water partition coefficient (Wildman–Crippen LogP) is 3.15. The first kappa shape index (κ1) is 12.3. The number of hydrogen-bond donors (Lipinski definition) is 0. The van der Waals surface area contributed by atoms with Gasteiger partial charge in [-0.25, -0.2) is 4.79 Å². The van der Waals surface area contributed by atoms with Gasteiger partial charge in [0, 0.05) is 23.6 Å². The molecule has 2 rings (SSSR count). The SMILES string of the molecule is CCOC(=O)c1ccc([C@@H]2CCCC(=O)C2)s1. The monoisotopic (exact) mass is 252 g/mol. The molecule has 0 saturated heterocycles. The smallest absolute Gasteiger partial charge is 0.348 e. The lowest BCUT2D eigenvalue weighted by Crippen LogP contribution is -2.12. The van der Waals surface area contributed by atoms with Crippen LogP contribution in [0.2, 0.25) is 0 Å². The molecule has 4 heteroatoms. The molecule has 1 saturated carbocycles. The Morgan fingerprint density at radius 3 is 3.06 bits per heavy atom. The van der Waals surface area contributed by atoms with Gasteiger partial charge in [-0.1, -0.05) is 0 Å². The number of rotatable bonds is 3. The normalized spacial score (nSPS) is 20.3. The molecular formula is C13H16O3S. The highest BCUT2D eigenvalue weighted by atomic mass is 32.1. The van der Waals surface area contributed by atoms with Crippen molar-refractivity contribution in [2.45, 2.75) is 38.5 Å². The molecule has 17 heavy (non-hydrogen) atoms. The molecule has 1 aliphatic carbocycles. The molecule has 0 amide bonds. The molecule has 1 aromatic heterocycles. The number of ketones is 1. The van der Waals surface area contributed by atoms with E-state index in [-0.39, 0.29) is 5.97 Å². The van der Waals surface area contributed by atoms with Crippen LogP contribution in [0.3, 0.4) is 0 Å². The standard InChI is InChI=1S/C13H16O3S/c1-2-16-13(15)12-7-6-11(17-12)9-4-3-5-10(14)8-9/h6-7,9H,2-5,8H2,1H3/t9-/m1/s1. The summed E-state index contributed by atoms with van der Waals surface area (Å²) in [5, 5.41) is 0. The van der Waals surface area contributed by atoms with Crippen LogP contribution in [0.5, 0.6) is 0 Å². The Morgan fingerprint density at radius 2 is 2.35 bits per heavy atom. The summed E-state index contributed by atoms with van der Waals surface area (Å²) >= 11 is 1.46. The molecule has 0 spiro atoms. The molecule has 0 aromatic carbocycles. The minimum absolute atomic E-state index is 0.258. The van der Waals surface area contributed by atoms with Gasteiger partial charge in [0.05, 0.1) is 6.61 Å². The summed E-state index contributed by atoms with van der Waals surface area (Å²) in [6.07, 6.45) is 3.36. The van der Waals surface area contributed by atoms with E-state index in [1.165, 1.54) is 11.3 Å². The van der Waals surface area contributed by atoms with Gasteiger partial charge < -0.3 is 4.74 Å². The molecule has 1 heterocycles. The van der Waals surface area contributed by atoms with Crippen LogP contribution in [0, 0.1) is 0 Å². The number of Topliss-reactive ketones (excluding diaryl/α,β-unsaturated/α-hetero) is 1. The molecule has 92 valence electrons. The lowest BCUT2D eigenvalue weighted by Gasteiger charge is -2.19. The largest absolute Gasteiger partial charge is 0.462 e. The van der Waals surface area contributed by atoms with Crippen LogP contribution in [0.15, 0.2) is 12.1 Å². The highest BCUT2D eigenvalue weighted by molar-refractivity contribution is 7.14. The van der Waals surface area contributed by atoms with Crippen molar-refractivity contribution in [1.29, 1.82) is 0 Å². The van der Waals surface area contributed by atoms with Crippen LogP contribution in [0.25, 0.3) is 0 Å². The van der Waals surface area contributed by atoms with Gasteiger partial charge in [-0.05, 0) is 31.9 Å². The Bertz CT molecular complexity index is 422. The van der Waals surface area contributed by atoms with Crippen molar-refractivity contribution in [1.82, 2.24) is 0 Å². The van der Waals surface area contributed by atoms with Crippen LogP contribution < -0.4 is 0 Å². The first-order valence-corrected chi connectivity index (χ1v) is 6.81. The number of esters is 1. The highest BCUT2D eigenvalue weighted by Crippen LogP contribution is 2.35. The summed E-state index contributed by atoms with van der Waals surface area (Å²) in [6, 6.07) is 3.76. The van der Waals surface area contributed by atoms with Gasteiger partial charge in [0.15, 0.2) is 0 Å². The molecule has 1 aromatic rings. The third-order valence-corrected chi connectivity index (χ3v) is 4.22. The molecule has 0 radical (unpaired) electrons. The molecule has 3 nitrogen and oxygen atoms in total. The maximum atomic E-state index is 11.5. The van der Waals surface area contributed by atoms with Crippen LogP contribution in [0.4, 0.5) is 0 Å². The maximum Gasteiger partial charge on any atom is 0.348 e. The Kier molecular flexibility index (Phi) is 3.94. The zero-order valence-corrected chi connectivity index (χ0v) is 10.7. The van der Waals surface area contributed by atoms with E-state index in [0.29, 0.717) is 36.0 Å². The zero-order valence-electron chi connectivity index (χ0n) is 9.90. The van der Waals surface area contributed by atoms with E-state index in [4.69, 9.17) is 4.74 Å². The first-order valence-electron chi connectivity index (χ1n) is 5.99. The van der Waals surface area contributed by atoms with E-state index in [0.717, 1.165) is 17.7 Å². The minimum Gasteiger partial charge on any atom is -0.462 e. The average molecular weight is 252 g/mol. The van der Waals surface area contributed by atoms with Crippen molar-refractivity contribution < 1.29 is 14.3 Å². The molecule has 0 N–H and O–H groups in total. The number of carbonyl (C=O) groups excluding carboxylic acids is 2. The van der Waals surface area contributed by atoms with Crippen molar-refractivity contribution in [2.75, 3.05) is 6.61 Å². The van der Waals surface area contributed by atoms with Crippen LogP contribution in [-0.4, -0.2) is 18.4 Å². The molecule has 0 bridgehead atoms. The van der Waals surface area contributed by atoms with Crippen LogP contribution >= 0.6 is 11.3 Å². The topological polar surface area (TPSA) is 43.4 Å². The van der Waals surface area contributed by atoms with Gasteiger partial charge in [-0.3, -0.25) is 4.79 Å². The molecule has 0 unspecified atom stereocenters. The van der Waals surface area contributed by atoms with Gasteiger partial charge in [-0.2, -0.15) is 0 Å². The Hall–Kier alpha value is -1.16. The van der Waals surface area contributed by atoms with Crippen molar-refractivity contribution >= 4 is 23.1 Å². The second-order valence-corrected chi connectivity index (χ2v) is 5.37. The Labute approximate surface area is 105 Å². The summed E-state index contributed by atoms with van der Waals surface area (Å²) in [5.41, 5.74) is 0. The predicted molar refractivity (Wildman–Crippen MR) is 66.5 cm³/mol. The van der Waals surface area contributed by atoms with E-state index in [9.17, 15) is 9.59 Å². The summed E-state index contributed by atoms with van der Waals surface area (Å²) < 4.78 is 4.95. The maximum absolute atomic E-state index is 11.5. The van der Waals surface area contributed by atoms with Crippen molar-refractivity contribution in [3.63, 3.8) is 0 Å². The zero-order chi connectivity index (χ0) is 12.3. The molecule has 1 atom stereocenters. The van der Waals surface area contributed by atoms with Crippen LogP contribution in [-0.2, 0) is 9.53 Å². The average Bonchev–Trinajstić information content (AvgIpc) is 2.78. The van der Waals surface area contributed by atoms with E-state index in [2.05, 4.69) is 0 Å². The van der Waals surface area contributed by atoms with E-state index in [1.54, 1.807) is 13.0 Å². The second kappa shape index (κ2) is 5.45. The lowest BCUT2D eigenvalue weighted by molar-refractivity contribution is -0.120. The molecule has 0 aliphatic heterocycles. The third kappa shape index (κ3) is 2.94. The Balaban J connectivity index is 2.07. The third-order valence-electron chi connectivity index (χ3n) is 2.99. The van der Waals surface area contributed by atoms with Gasteiger partial charge in [-0.15, -0.1) is 11.3 Å². The van der Waals surface area contributed by atoms with Gasteiger partial charge >= 0.3 is 5.97 Å². The molecule has 1 aliphatic rings. The number of carbonyl (C=O) groups is 2. The van der Waals surface area contributed by atoms with Crippen LogP contribution in [0.1, 0.15) is 53.1 Å². The van der Waals surface area contributed by atoms with Crippen molar-refractivity contribution in [2.24, 2.45) is 0 Å². The van der Waals surface area contributed by atoms with E-state index in [1.807, 2.05) is 6.07 Å². The second-order valence-electron chi connectivity index (χ2n) is 4.25. The van der Waals surface area contributed by atoms with Gasteiger partial charge in [0.1, 0.15) is 10.7 Å². The van der Waals surface area contributed by atoms with E-state index >= 15 is 0 Å². The number of hydrogen-bond acceptors (Lipinski definition) is 4. The number of ether oxygens (including phenoxy) is 1. The fraction of sp³-hybridized carbons (Fsp3) is 0.538. The molecular weight excluding hydrogens is 236 g/mol. The van der Waals surface area contributed by atoms with Crippen molar-refractivity contribution in [3.8, 4) is 0 Å². The van der Waals surface area contributed by atoms with Gasteiger partial charge in [0.2, 0.25) is 0 Å². The summed E-state index contributed by atoms with van der Waals surface area (Å²) in [4.78, 5) is 24.7. The van der Waals surface area contributed by atoms with E-state index < -0.39 is 0 Å². The Morgan fingerprint density at radius 1 is 1.53 bits per heavy atom. The highest BCUT2D eigenvalue weighted by Gasteiger charge is 2.23. The fourth-order valence-electron chi connectivity index (χ4n) is 2.15. The quantitative estimate of drug-likeness (QED) is 0.776. The fourth-order valence-corrected chi connectivity index (χ4v) is 3.19. The van der Waals surface area contributed by atoms with Gasteiger partial charge in [0.25, 0.3) is 0 Å².